The molecule has 0 spiro atoms. The average Bonchev–Trinajstić information content (AvgIpc) is 2.92. The maximum Gasteiger partial charge on any atom is 0.264 e. The molecule has 3 rings (SSSR count). The summed E-state index contributed by atoms with van der Waals surface area (Å²) in [6, 6.07) is 19.0. The van der Waals surface area contributed by atoms with Crippen molar-refractivity contribution in [1.82, 2.24) is 10.2 Å². The standard InChI is InChI=1S/C30H35Cl2N3O4S/c1-5-28(30(37)33-18-21(2)3)34(19-23-13-14-24(31)17-27(23)32)29(36)20-35(25-9-7-6-8-10-25)40(38,39)26-15-11-22(4)12-16-26/h6-17,21,28H,5,18-20H2,1-4H3,(H,33,37)/t28-/m1/s1. The first-order chi connectivity index (χ1) is 18.9. The fourth-order valence-electron chi connectivity index (χ4n) is 4.14. The minimum atomic E-state index is -4.12. The number of hydrogen-bond acceptors (Lipinski definition) is 4. The number of sulfonamides is 1. The van der Waals surface area contributed by atoms with Crippen molar-refractivity contribution >= 4 is 50.7 Å². The molecule has 0 fully saturated rings. The second kappa shape index (κ2) is 14.0. The van der Waals surface area contributed by atoms with Crippen molar-refractivity contribution in [1.29, 1.82) is 0 Å². The van der Waals surface area contributed by atoms with Crippen LogP contribution in [0.4, 0.5) is 5.69 Å². The molecule has 7 nitrogen and oxygen atoms in total. The monoisotopic (exact) mass is 603 g/mol. The molecule has 0 saturated heterocycles. The highest BCUT2D eigenvalue weighted by Gasteiger charge is 2.34. The third-order valence-corrected chi connectivity index (χ3v) is 8.73. The molecule has 214 valence electrons. The maximum atomic E-state index is 14.1. The summed E-state index contributed by atoms with van der Waals surface area (Å²) in [5.41, 5.74) is 1.82. The van der Waals surface area contributed by atoms with Crippen LogP contribution in [-0.4, -0.2) is 44.3 Å². The molecule has 0 bridgehead atoms. The number of carbonyl (C=O) groups is 2. The van der Waals surface area contributed by atoms with E-state index in [0.29, 0.717) is 34.3 Å². The normalized spacial score (nSPS) is 12.2. The van der Waals surface area contributed by atoms with E-state index in [1.54, 1.807) is 67.6 Å². The molecule has 1 atom stereocenters. The van der Waals surface area contributed by atoms with Crippen molar-refractivity contribution in [2.45, 2.75) is 51.6 Å². The number of aryl methyl sites for hydroxylation is 1. The Kier molecular flexibility index (Phi) is 11.0. The molecule has 10 heteroatoms. The number of amides is 2. The van der Waals surface area contributed by atoms with Gasteiger partial charge in [-0.2, -0.15) is 0 Å². The van der Waals surface area contributed by atoms with Crippen LogP contribution in [0.1, 0.15) is 38.3 Å². The molecule has 3 aromatic carbocycles. The van der Waals surface area contributed by atoms with Gasteiger partial charge in [-0.15, -0.1) is 0 Å². The molecule has 0 radical (unpaired) electrons. The number of carbonyl (C=O) groups excluding carboxylic acids is 2. The van der Waals surface area contributed by atoms with Crippen molar-refractivity contribution < 1.29 is 18.0 Å². The molecule has 0 unspecified atom stereocenters. The summed E-state index contributed by atoms with van der Waals surface area (Å²) in [4.78, 5) is 28.8. The lowest BCUT2D eigenvalue weighted by atomic mass is 10.1. The summed E-state index contributed by atoms with van der Waals surface area (Å²) in [6.45, 7) is 7.55. The number of para-hydroxylation sites is 1. The zero-order valence-corrected chi connectivity index (χ0v) is 25.4. The lowest BCUT2D eigenvalue weighted by molar-refractivity contribution is -0.140. The van der Waals surface area contributed by atoms with E-state index in [1.807, 2.05) is 20.8 Å². The van der Waals surface area contributed by atoms with E-state index in [4.69, 9.17) is 23.2 Å². The molecule has 0 heterocycles. The summed E-state index contributed by atoms with van der Waals surface area (Å²) in [5.74, 6) is -0.649. The summed E-state index contributed by atoms with van der Waals surface area (Å²) < 4.78 is 28.8. The number of nitrogens with one attached hydrogen (secondary N) is 1. The molecule has 0 saturated carbocycles. The van der Waals surface area contributed by atoms with Crippen molar-refractivity contribution in [2.75, 3.05) is 17.4 Å². The Bertz CT molecular complexity index is 1410. The molecular weight excluding hydrogens is 569 g/mol. The summed E-state index contributed by atoms with van der Waals surface area (Å²) in [7, 11) is -4.12. The highest BCUT2D eigenvalue weighted by Crippen LogP contribution is 2.27. The van der Waals surface area contributed by atoms with E-state index in [2.05, 4.69) is 5.32 Å². The smallest absolute Gasteiger partial charge is 0.264 e. The van der Waals surface area contributed by atoms with Gasteiger partial charge in [0, 0.05) is 23.1 Å². The van der Waals surface area contributed by atoms with Crippen molar-refractivity contribution in [3.05, 3.63) is 94.0 Å². The second-order valence-electron chi connectivity index (χ2n) is 9.98. The Labute approximate surface area is 247 Å². The molecule has 0 aliphatic rings. The van der Waals surface area contributed by atoms with Gasteiger partial charge in [0.05, 0.1) is 10.6 Å². The Morgan fingerprint density at radius 3 is 2.17 bits per heavy atom. The van der Waals surface area contributed by atoms with E-state index in [-0.39, 0.29) is 23.3 Å². The van der Waals surface area contributed by atoms with Gasteiger partial charge in [-0.3, -0.25) is 13.9 Å². The van der Waals surface area contributed by atoms with Gasteiger partial charge in [0.1, 0.15) is 12.6 Å². The van der Waals surface area contributed by atoms with E-state index in [9.17, 15) is 18.0 Å². The van der Waals surface area contributed by atoms with E-state index in [1.165, 1.54) is 17.0 Å². The van der Waals surface area contributed by atoms with Crippen LogP contribution >= 0.6 is 23.2 Å². The first kappa shape index (κ1) is 31.5. The van der Waals surface area contributed by atoms with Crippen molar-refractivity contribution in [3.8, 4) is 0 Å². The lowest BCUT2D eigenvalue weighted by Gasteiger charge is -2.33. The average molecular weight is 605 g/mol. The van der Waals surface area contributed by atoms with Crippen LogP contribution in [0.3, 0.4) is 0 Å². The molecule has 3 aromatic rings. The lowest BCUT2D eigenvalue weighted by Crippen LogP contribution is -2.52. The van der Waals surface area contributed by atoms with Crippen LogP contribution in [0.25, 0.3) is 0 Å². The maximum absolute atomic E-state index is 14.1. The van der Waals surface area contributed by atoms with Gasteiger partial charge in [0.2, 0.25) is 11.8 Å². The highest BCUT2D eigenvalue weighted by atomic mass is 35.5. The van der Waals surface area contributed by atoms with Crippen LogP contribution in [-0.2, 0) is 26.2 Å². The van der Waals surface area contributed by atoms with Crippen molar-refractivity contribution in [2.24, 2.45) is 5.92 Å². The minimum absolute atomic E-state index is 0.00432. The number of halogens is 2. The number of hydrogen-bond donors (Lipinski definition) is 1. The second-order valence-corrected chi connectivity index (χ2v) is 12.7. The molecule has 2 amide bonds. The molecule has 0 aliphatic heterocycles. The molecule has 1 N–H and O–H groups in total. The Morgan fingerprint density at radius 1 is 0.950 bits per heavy atom. The third kappa shape index (κ3) is 7.99. The Hall–Kier alpha value is -3.07. The van der Waals surface area contributed by atoms with Crippen LogP contribution in [0, 0.1) is 12.8 Å². The van der Waals surface area contributed by atoms with Crippen LogP contribution in [0.2, 0.25) is 10.0 Å². The summed E-state index contributed by atoms with van der Waals surface area (Å²) in [5, 5.41) is 3.69. The van der Waals surface area contributed by atoms with Gasteiger partial charge in [-0.05, 0) is 61.2 Å². The van der Waals surface area contributed by atoms with Gasteiger partial charge in [-0.1, -0.05) is 85.9 Å². The van der Waals surface area contributed by atoms with Crippen LogP contribution in [0.5, 0.6) is 0 Å². The number of nitrogens with zero attached hydrogens (tertiary/aromatic N) is 2. The molecule has 40 heavy (non-hydrogen) atoms. The first-order valence-electron chi connectivity index (χ1n) is 13.1. The van der Waals surface area contributed by atoms with Crippen LogP contribution in [0.15, 0.2) is 77.7 Å². The van der Waals surface area contributed by atoms with E-state index in [0.717, 1.165) is 9.87 Å². The van der Waals surface area contributed by atoms with Gasteiger partial charge in [-0.25, -0.2) is 8.42 Å². The zero-order chi connectivity index (χ0) is 29.4. The number of benzene rings is 3. The van der Waals surface area contributed by atoms with Crippen molar-refractivity contribution in [3.63, 3.8) is 0 Å². The van der Waals surface area contributed by atoms with E-state index < -0.39 is 28.5 Å². The predicted molar refractivity (Wildman–Crippen MR) is 161 cm³/mol. The Morgan fingerprint density at radius 2 is 1.60 bits per heavy atom. The highest BCUT2D eigenvalue weighted by molar-refractivity contribution is 7.92. The number of rotatable bonds is 12. The molecular formula is C30H35Cl2N3O4S. The topological polar surface area (TPSA) is 86.8 Å². The van der Waals surface area contributed by atoms with Gasteiger partial charge >= 0.3 is 0 Å². The van der Waals surface area contributed by atoms with Crippen LogP contribution < -0.4 is 9.62 Å². The fraction of sp³-hybridized carbons (Fsp3) is 0.333. The first-order valence-corrected chi connectivity index (χ1v) is 15.3. The van der Waals surface area contributed by atoms with Gasteiger partial charge in [0.25, 0.3) is 10.0 Å². The number of anilines is 1. The van der Waals surface area contributed by atoms with E-state index >= 15 is 0 Å². The quantitative estimate of drug-likeness (QED) is 0.272. The largest absolute Gasteiger partial charge is 0.354 e. The molecule has 0 aromatic heterocycles. The van der Waals surface area contributed by atoms with Gasteiger partial charge in [0.15, 0.2) is 0 Å². The van der Waals surface area contributed by atoms with Gasteiger partial charge < -0.3 is 10.2 Å². The predicted octanol–water partition coefficient (Wildman–Crippen LogP) is 6.08. The summed E-state index contributed by atoms with van der Waals surface area (Å²) >= 11 is 12.5. The third-order valence-electron chi connectivity index (χ3n) is 6.36. The minimum Gasteiger partial charge on any atom is -0.354 e. The SMILES string of the molecule is CC[C@H](C(=O)NCC(C)C)N(Cc1ccc(Cl)cc1Cl)C(=O)CN(c1ccccc1)S(=O)(=O)c1ccc(C)cc1. The molecule has 0 aliphatic carbocycles. The Balaban J connectivity index is 2.04. The zero-order valence-electron chi connectivity index (χ0n) is 23.1. The summed E-state index contributed by atoms with van der Waals surface area (Å²) in [6.07, 6.45) is 0.316. The fourth-order valence-corrected chi connectivity index (χ4v) is 6.02.